The molecule has 1 aliphatic heterocycles. The van der Waals surface area contributed by atoms with E-state index in [9.17, 15) is 5.11 Å². The molecular formula is C15H20O2. The predicted octanol–water partition coefficient (Wildman–Crippen LogP) is 3.19. The Morgan fingerprint density at radius 3 is 3.12 bits per heavy atom. The minimum atomic E-state index is -0.836. The van der Waals surface area contributed by atoms with Gasteiger partial charge in [-0.3, -0.25) is 0 Å². The normalized spacial score (nSPS) is 17.8. The fraction of sp³-hybridized carbons (Fsp3) is 0.467. The summed E-state index contributed by atoms with van der Waals surface area (Å²) < 4.78 is 5.74. The molecule has 2 rings (SSSR count). The van der Waals surface area contributed by atoms with Crippen molar-refractivity contribution < 1.29 is 9.84 Å². The second kappa shape index (κ2) is 4.92. The average Bonchev–Trinajstić information content (AvgIpc) is 2.36. The fourth-order valence-electron chi connectivity index (χ4n) is 2.33. The number of hydrogen-bond donors (Lipinski definition) is 1. The Morgan fingerprint density at radius 1 is 1.53 bits per heavy atom. The van der Waals surface area contributed by atoms with Gasteiger partial charge in [0.2, 0.25) is 0 Å². The fourth-order valence-corrected chi connectivity index (χ4v) is 2.33. The molecule has 0 fully saturated rings. The van der Waals surface area contributed by atoms with Crippen LogP contribution in [0.4, 0.5) is 0 Å². The van der Waals surface area contributed by atoms with E-state index >= 15 is 0 Å². The summed E-state index contributed by atoms with van der Waals surface area (Å²) in [6, 6.07) is 6.06. The van der Waals surface area contributed by atoms with Crippen molar-refractivity contribution in [3.8, 4) is 5.75 Å². The SMILES string of the molecule is C=CCCC(C)(O)c1cccc2c1OCCC2. The summed E-state index contributed by atoms with van der Waals surface area (Å²) in [6.45, 7) is 6.31. The van der Waals surface area contributed by atoms with Crippen molar-refractivity contribution in [2.75, 3.05) is 6.61 Å². The van der Waals surface area contributed by atoms with E-state index in [0.29, 0.717) is 6.42 Å². The Bertz CT molecular complexity index is 407. The number of aryl methyl sites for hydroxylation is 1. The highest BCUT2D eigenvalue weighted by Gasteiger charge is 2.28. The summed E-state index contributed by atoms with van der Waals surface area (Å²) in [5.74, 6) is 0.896. The topological polar surface area (TPSA) is 29.5 Å². The van der Waals surface area contributed by atoms with Crippen molar-refractivity contribution in [1.82, 2.24) is 0 Å². The molecule has 0 aliphatic carbocycles. The van der Waals surface area contributed by atoms with Crippen LogP contribution in [-0.4, -0.2) is 11.7 Å². The average molecular weight is 232 g/mol. The Labute approximate surface area is 103 Å². The molecule has 0 spiro atoms. The van der Waals surface area contributed by atoms with Crippen molar-refractivity contribution in [3.05, 3.63) is 42.0 Å². The number of ether oxygens (including phenoxy) is 1. The standard InChI is InChI=1S/C15H20O2/c1-3-4-10-15(2,16)13-9-5-7-12-8-6-11-17-14(12)13/h3,5,7,9,16H,1,4,6,8,10-11H2,2H3. The first-order chi connectivity index (χ1) is 8.15. The molecule has 0 aromatic heterocycles. The minimum absolute atomic E-state index is 0.677. The highest BCUT2D eigenvalue weighted by atomic mass is 16.5. The lowest BCUT2D eigenvalue weighted by Crippen LogP contribution is -2.24. The summed E-state index contributed by atoms with van der Waals surface area (Å²) in [4.78, 5) is 0. The van der Waals surface area contributed by atoms with E-state index < -0.39 is 5.60 Å². The monoisotopic (exact) mass is 232 g/mol. The van der Waals surface area contributed by atoms with Gasteiger partial charge in [0.15, 0.2) is 0 Å². The van der Waals surface area contributed by atoms with E-state index in [-0.39, 0.29) is 0 Å². The van der Waals surface area contributed by atoms with Crippen LogP contribution in [0.15, 0.2) is 30.9 Å². The molecule has 0 saturated heterocycles. The zero-order valence-corrected chi connectivity index (χ0v) is 10.4. The van der Waals surface area contributed by atoms with Gasteiger partial charge in [-0.15, -0.1) is 6.58 Å². The molecule has 1 unspecified atom stereocenters. The van der Waals surface area contributed by atoms with E-state index in [4.69, 9.17) is 4.74 Å². The van der Waals surface area contributed by atoms with Crippen LogP contribution in [-0.2, 0) is 12.0 Å². The largest absolute Gasteiger partial charge is 0.493 e. The predicted molar refractivity (Wildman–Crippen MR) is 69.3 cm³/mol. The first kappa shape index (κ1) is 12.2. The van der Waals surface area contributed by atoms with Gasteiger partial charge in [-0.05, 0) is 38.2 Å². The molecule has 1 heterocycles. The van der Waals surface area contributed by atoms with E-state index in [1.54, 1.807) is 0 Å². The van der Waals surface area contributed by atoms with Gasteiger partial charge < -0.3 is 9.84 Å². The number of para-hydroxylation sites is 1. The molecule has 0 bridgehead atoms. The molecule has 1 aromatic carbocycles. The highest BCUT2D eigenvalue weighted by molar-refractivity contribution is 5.45. The van der Waals surface area contributed by atoms with Gasteiger partial charge in [0.05, 0.1) is 12.2 Å². The number of allylic oxidation sites excluding steroid dienone is 1. The number of hydrogen-bond acceptors (Lipinski definition) is 2. The quantitative estimate of drug-likeness (QED) is 0.808. The minimum Gasteiger partial charge on any atom is -0.493 e. The van der Waals surface area contributed by atoms with Gasteiger partial charge in [0.1, 0.15) is 5.75 Å². The van der Waals surface area contributed by atoms with Gasteiger partial charge in [0.25, 0.3) is 0 Å². The third kappa shape index (κ3) is 2.52. The maximum absolute atomic E-state index is 10.5. The Hall–Kier alpha value is -1.28. The summed E-state index contributed by atoms with van der Waals surface area (Å²) in [6.07, 6.45) is 5.42. The second-order valence-electron chi connectivity index (χ2n) is 4.85. The zero-order chi connectivity index (χ0) is 12.3. The van der Waals surface area contributed by atoms with E-state index in [1.165, 1.54) is 5.56 Å². The summed E-state index contributed by atoms with van der Waals surface area (Å²) in [7, 11) is 0. The first-order valence-electron chi connectivity index (χ1n) is 6.23. The smallest absolute Gasteiger partial charge is 0.128 e. The molecule has 0 saturated carbocycles. The second-order valence-corrected chi connectivity index (χ2v) is 4.85. The number of rotatable bonds is 4. The summed E-state index contributed by atoms with van der Waals surface area (Å²) in [5, 5.41) is 10.5. The van der Waals surface area contributed by atoms with Crippen molar-refractivity contribution in [1.29, 1.82) is 0 Å². The highest BCUT2D eigenvalue weighted by Crippen LogP contribution is 2.37. The van der Waals surface area contributed by atoms with Crippen LogP contribution in [0.1, 0.15) is 37.3 Å². The molecule has 92 valence electrons. The summed E-state index contributed by atoms with van der Waals surface area (Å²) in [5.41, 5.74) is 1.29. The molecule has 1 aliphatic rings. The molecule has 2 nitrogen and oxygen atoms in total. The van der Waals surface area contributed by atoms with Gasteiger partial charge in [-0.2, -0.15) is 0 Å². The lowest BCUT2D eigenvalue weighted by atomic mass is 9.88. The molecule has 2 heteroatoms. The van der Waals surface area contributed by atoms with Crippen LogP contribution in [0.2, 0.25) is 0 Å². The molecule has 1 atom stereocenters. The summed E-state index contributed by atoms with van der Waals surface area (Å²) >= 11 is 0. The number of fused-ring (bicyclic) bond motifs is 1. The van der Waals surface area contributed by atoms with Crippen LogP contribution in [0.25, 0.3) is 0 Å². The third-order valence-corrected chi connectivity index (χ3v) is 3.35. The zero-order valence-electron chi connectivity index (χ0n) is 10.4. The van der Waals surface area contributed by atoms with Crippen molar-refractivity contribution in [2.24, 2.45) is 0 Å². The van der Waals surface area contributed by atoms with Crippen molar-refractivity contribution in [2.45, 2.75) is 38.2 Å². The number of benzene rings is 1. The van der Waals surface area contributed by atoms with Gasteiger partial charge in [-0.1, -0.05) is 24.3 Å². The Balaban J connectivity index is 2.34. The van der Waals surface area contributed by atoms with Gasteiger partial charge in [0, 0.05) is 5.56 Å². The Morgan fingerprint density at radius 2 is 2.35 bits per heavy atom. The van der Waals surface area contributed by atoms with Crippen LogP contribution in [0, 0.1) is 0 Å². The van der Waals surface area contributed by atoms with E-state index in [0.717, 1.165) is 37.2 Å². The maximum Gasteiger partial charge on any atom is 0.128 e. The van der Waals surface area contributed by atoms with Crippen molar-refractivity contribution in [3.63, 3.8) is 0 Å². The maximum atomic E-state index is 10.5. The number of aliphatic hydroxyl groups is 1. The van der Waals surface area contributed by atoms with E-state index in [2.05, 4.69) is 12.6 Å². The molecular weight excluding hydrogens is 212 g/mol. The van der Waals surface area contributed by atoms with Crippen LogP contribution in [0.3, 0.4) is 0 Å². The van der Waals surface area contributed by atoms with Gasteiger partial charge >= 0.3 is 0 Å². The van der Waals surface area contributed by atoms with E-state index in [1.807, 2.05) is 25.1 Å². The molecule has 17 heavy (non-hydrogen) atoms. The van der Waals surface area contributed by atoms with Gasteiger partial charge in [-0.25, -0.2) is 0 Å². The molecule has 1 aromatic rings. The van der Waals surface area contributed by atoms with Crippen LogP contribution in [0.5, 0.6) is 5.75 Å². The first-order valence-corrected chi connectivity index (χ1v) is 6.23. The molecule has 0 radical (unpaired) electrons. The third-order valence-electron chi connectivity index (χ3n) is 3.35. The lowest BCUT2D eigenvalue weighted by Gasteiger charge is -2.29. The van der Waals surface area contributed by atoms with Crippen LogP contribution >= 0.6 is 0 Å². The lowest BCUT2D eigenvalue weighted by molar-refractivity contribution is 0.0449. The Kier molecular flexibility index (Phi) is 3.53. The van der Waals surface area contributed by atoms with Crippen molar-refractivity contribution >= 4 is 0 Å². The molecule has 1 N–H and O–H groups in total. The molecule has 0 amide bonds. The van der Waals surface area contributed by atoms with Crippen LogP contribution < -0.4 is 4.74 Å².